The minimum absolute atomic E-state index is 0.155. The van der Waals surface area contributed by atoms with E-state index in [9.17, 15) is 13.2 Å². The number of halogens is 4. The molecule has 4 rings (SSSR count). The summed E-state index contributed by atoms with van der Waals surface area (Å²) in [7, 11) is 0. The van der Waals surface area contributed by atoms with E-state index in [0.717, 1.165) is 33.9 Å². The summed E-state index contributed by atoms with van der Waals surface area (Å²) in [5.74, 6) is 1.39. The molecule has 0 aliphatic carbocycles. The first-order valence-corrected chi connectivity index (χ1v) is 11.1. The van der Waals surface area contributed by atoms with Crippen molar-refractivity contribution >= 4 is 23.1 Å². The van der Waals surface area contributed by atoms with Gasteiger partial charge in [-0.1, -0.05) is 41.9 Å². The second kappa shape index (κ2) is 9.22. The van der Waals surface area contributed by atoms with Gasteiger partial charge in [0.1, 0.15) is 23.4 Å². The van der Waals surface area contributed by atoms with Crippen LogP contribution in [0.25, 0.3) is 11.3 Å². The molecule has 9 heteroatoms. The molecule has 1 aromatic heterocycles. The van der Waals surface area contributed by atoms with Crippen LogP contribution in [-0.4, -0.2) is 33.2 Å². The van der Waals surface area contributed by atoms with E-state index in [1.54, 1.807) is 4.90 Å². The number of nitrogens with one attached hydrogen (secondary N) is 1. The molecular formula is C25H25ClF3N5. The van der Waals surface area contributed by atoms with Crippen LogP contribution in [-0.2, 0) is 13.1 Å². The number of anilines is 2. The Morgan fingerprint density at radius 2 is 1.97 bits per heavy atom. The number of alkyl halides is 3. The first kappa shape index (κ1) is 24.0. The van der Waals surface area contributed by atoms with Crippen LogP contribution in [0.1, 0.15) is 17.0 Å². The van der Waals surface area contributed by atoms with Gasteiger partial charge < -0.3 is 20.5 Å². The third-order valence-electron chi connectivity index (χ3n) is 5.85. The van der Waals surface area contributed by atoms with Crippen LogP contribution in [0.4, 0.5) is 24.7 Å². The topological polar surface area (TPSA) is 59.1 Å². The number of fused-ring (bicyclic) bond motifs is 1. The second-order valence-corrected chi connectivity index (χ2v) is 8.75. The zero-order valence-corrected chi connectivity index (χ0v) is 19.6. The average Bonchev–Trinajstić information content (AvgIpc) is 3.14. The fraction of sp³-hybridized carbons (Fsp3) is 0.280. The monoisotopic (exact) mass is 487 g/mol. The molecule has 0 saturated heterocycles. The van der Waals surface area contributed by atoms with Gasteiger partial charge in [0, 0.05) is 29.4 Å². The lowest BCUT2D eigenvalue weighted by Gasteiger charge is -2.34. The first-order chi connectivity index (χ1) is 16.1. The maximum atomic E-state index is 13.3. The normalized spacial score (nSPS) is 14.4. The Balaban J connectivity index is 1.75. The summed E-state index contributed by atoms with van der Waals surface area (Å²) in [4.78, 5) is 6.38. The molecule has 3 N–H and O–H groups in total. The van der Waals surface area contributed by atoms with Crippen molar-refractivity contribution in [3.05, 3.63) is 82.4 Å². The Morgan fingerprint density at radius 3 is 2.62 bits per heavy atom. The van der Waals surface area contributed by atoms with Gasteiger partial charge in [0.2, 0.25) is 0 Å². The van der Waals surface area contributed by atoms with Gasteiger partial charge in [-0.3, -0.25) is 0 Å². The maximum absolute atomic E-state index is 13.3. The minimum atomic E-state index is -4.58. The third-order valence-corrected chi connectivity index (χ3v) is 6.28. The molecule has 2 aromatic carbocycles. The van der Waals surface area contributed by atoms with Crippen LogP contribution in [0.2, 0.25) is 5.02 Å². The van der Waals surface area contributed by atoms with Crippen molar-refractivity contribution < 1.29 is 13.2 Å². The molecule has 0 fully saturated rings. The molecule has 0 amide bonds. The number of aromatic nitrogens is 2. The molecule has 178 valence electrons. The number of imidazole rings is 1. The van der Waals surface area contributed by atoms with E-state index in [-0.39, 0.29) is 12.2 Å². The molecule has 34 heavy (non-hydrogen) atoms. The molecule has 0 bridgehead atoms. The van der Waals surface area contributed by atoms with E-state index in [0.29, 0.717) is 23.9 Å². The van der Waals surface area contributed by atoms with Gasteiger partial charge in [-0.05, 0) is 43.7 Å². The SMILES string of the molecule is C=C=C(C(N)C(F)(F)F)N1CCn2c(nc(-c3cccc(C)c3)c2Nc2ccc(Cl)c(C)c2)C1. The van der Waals surface area contributed by atoms with Crippen molar-refractivity contribution in [3.63, 3.8) is 0 Å². The zero-order chi connectivity index (χ0) is 24.6. The number of hydrogen-bond acceptors (Lipinski definition) is 4. The predicted molar refractivity (Wildman–Crippen MR) is 129 cm³/mol. The van der Waals surface area contributed by atoms with Gasteiger partial charge in [-0.15, -0.1) is 5.73 Å². The number of nitrogens with two attached hydrogens (primary N) is 1. The van der Waals surface area contributed by atoms with Crippen molar-refractivity contribution in [1.29, 1.82) is 0 Å². The standard InChI is InChI=1S/C25H25ClF3N5/c1-4-20(23(30)25(27,28)29)33-10-11-34-21(14-33)32-22(17-7-5-6-15(2)12-17)24(34)31-18-8-9-19(26)16(3)13-18/h5-9,12-13,23,31H,1,10-11,14,30H2,2-3H3. The summed E-state index contributed by atoms with van der Waals surface area (Å²) in [5.41, 5.74) is 12.2. The van der Waals surface area contributed by atoms with Crippen molar-refractivity contribution in [2.45, 2.75) is 39.2 Å². The lowest BCUT2D eigenvalue weighted by Crippen LogP contribution is -2.46. The van der Waals surface area contributed by atoms with Crippen molar-refractivity contribution in [2.75, 3.05) is 11.9 Å². The highest BCUT2D eigenvalue weighted by Gasteiger charge is 2.42. The van der Waals surface area contributed by atoms with Gasteiger partial charge in [0.05, 0.1) is 12.2 Å². The molecular weight excluding hydrogens is 463 g/mol. The molecule has 0 spiro atoms. The van der Waals surface area contributed by atoms with E-state index < -0.39 is 12.2 Å². The highest BCUT2D eigenvalue weighted by Crippen LogP contribution is 2.35. The summed E-state index contributed by atoms with van der Waals surface area (Å²) in [6, 6.07) is 11.4. The quantitative estimate of drug-likeness (QED) is 0.437. The number of rotatable bonds is 5. The molecule has 0 radical (unpaired) electrons. The smallest absolute Gasteiger partial charge is 0.358 e. The zero-order valence-electron chi connectivity index (χ0n) is 18.9. The predicted octanol–water partition coefficient (Wildman–Crippen LogP) is 5.94. The average molecular weight is 488 g/mol. The Hall–Kier alpha value is -3.19. The van der Waals surface area contributed by atoms with Crippen LogP contribution in [0.5, 0.6) is 0 Å². The fourth-order valence-electron chi connectivity index (χ4n) is 4.09. The van der Waals surface area contributed by atoms with Crippen molar-refractivity contribution in [3.8, 4) is 11.3 Å². The molecule has 1 unspecified atom stereocenters. The van der Waals surface area contributed by atoms with Crippen molar-refractivity contribution in [2.24, 2.45) is 5.73 Å². The van der Waals surface area contributed by atoms with E-state index in [2.05, 4.69) is 17.6 Å². The van der Waals surface area contributed by atoms with Gasteiger partial charge >= 0.3 is 6.18 Å². The van der Waals surface area contributed by atoms with Crippen molar-refractivity contribution in [1.82, 2.24) is 14.5 Å². The van der Waals surface area contributed by atoms with E-state index in [1.165, 1.54) is 0 Å². The molecule has 1 aliphatic rings. The molecule has 0 saturated carbocycles. The number of nitrogens with zero attached hydrogens (tertiary/aromatic N) is 3. The first-order valence-electron chi connectivity index (χ1n) is 10.7. The molecule has 1 atom stereocenters. The summed E-state index contributed by atoms with van der Waals surface area (Å²) >= 11 is 6.18. The highest BCUT2D eigenvalue weighted by atomic mass is 35.5. The molecule has 5 nitrogen and oxygen atoms in total. The number of hydrogen-bond donors (Lipinski definition) is 2. The third kappa shape index (κ3) is 4.71. The summed E-state index contributed by atoms with van der Waals surface area (Å²) in [5, 5.41) is 4.12. The number of aryl methyl sites for hydroxylation is 2. The van der Waals surface area contributed by atoms with Crippen LogP contribution >= 0.6 is 11.6 Å². The largest absolute Gasteiger partial charge is 0.409 e. The van der Waals surface area contributed by atoms with E-state index in [4.69, 9.17) is 22.3 Å². The number of benzene rings is 2. The summed E-state index contributed by atoms with van der Waals surface area (Å²) < 4.78 is 41.9. The highest BCUT2D eigenvalue weighted by molar-refractivity contribution is 6.31. The lowest BCUT2D eigenvalue weighted by atomic mass is 10.1. The summed E-state index contributed by atoms with van der Waals surface area (Å²) in [6.07, 6.45) is -4.58. The Bertz CT molecular complexity index is 1270. The van der Waals surface area contributed by atoms with Gasteiger partial charge in [-0.2, -0.15) is 13.2 Å². The minimum Gasteiger partial charge on any atom is -0.358 e. The summed E-state index contributed by atoms with van der Waals surface area (Å²) in [6.45, 7) is 8.24. The van der Waals surface area contributed by atoms with Crippen LogP contribution in [0.3, 0.4) is 0 Å². The van der Waals surface area contributed by atoms with Gasteiger partial charge in [0.15, 0.2) is 0 Å². The van der Waals surface area contributed by atoms with Crippen LogP contribution < -0.4 is 11.1 Å². The van der Waals surface area contributed by atoms with E-state index in [1.807, 2.05) is 60.9 Å². The fourth-order valence-corrected chi connectivity index (χ4v) is 4.21. The van der Waals surface area contributed by atoms with Crippen LogP contribution in [0.15, 0.2) is 60.5 Å². The molecule has 2 heterocycles. The second-order valence-electron chi connectivity index (χ2n) is 8.34. The van der Waals surface area contributed by atoms with E-state index >= 15 is 0 Å². The van der Waals surface area contributed by atoms with Gasteiger partial charge in [-0.25, -0.2) is 4.98 Å². The Kier molecular flexibility index (Phi) is 6.49. The Morgan fingerprint density at radius 1 is 1.21 bits per heavy atom. The molecule has 3 aromatic rings. The van der Waals surface area contributed by atoms with Gasteiger partial charge in [0.25, 0.3) is 0 Å². The Labute approximate surface area is 201 Å². The molecule has 1 aliphatic heterocycles. The maximum Gasteiger partial charge on any atom is 0.409 e. The lowest BCUT2D eigenvalue weighted by molar-refractivity contribution is -0.143. The van der Waals surface area contributed by atoms with Crippen LogP contribution in [0, 0.1) is 13.8 Å².